The molecule has 0 atom stereocenters. The predicted octanol–water partition coefficient (Wildman–Crippen LogP) is 3.55. The zero-order chi connectivity index (χ0) is 23.5. The van der Waals surface area contributed by atoms with Crippen molar-refractivity contribution in [1.82, 2.24) is 19.7 Å². The number of aryl methyl sites for hydroxylation is 1. The zero-order valence-corrected chi connectivity index (χ0v) is 17.1. The highest BCUT2D eigenvalue weighted by molar-refractivity contribution is 6.38. The number of nitro groups is 1. The average molecular weight is 480 g/mol. The first kappa shape index (κ1) is 24.1. The van der Waals surface area contributed by atoms with E-state index in [0.717, 1.165) is 10.9 Å². The van der Waals surface area contributed by atoms with Gasteiger partial charge in [0, 0.05) is 11.8 Å². The summed E-state index contributed by atoms with van der Waals surface area (Å²) < 4.78 is 38.7. The summed E-state index contributed by atoms with van der Waals surface area (Å²) in [6.07, 6.45) is -2.26. The molecule has 0 amide bonds. The van der Waals surface area contributed by atoms with Crippen LogP contribution in [0.25, 0.3) is 5.69 Å². The molecule has 0 aliphatic heterocycles. The van der Waals surface area contributed by atoms with Gasteiger partial charge < -0.3 is 16.6 Å². The molecule has 5 N–H and O–H groups in total. The summed E-state index contributed by atoms with van der Waals surface area (Å²) >= 11 is 11.5. The molecule has 0 bridgehead atoms. The summed E-state index contributed by atoms with van der Waals surface area (Å²) in [5, 5.41) is 22.2. The maximum Gasteiger partial charge on any atom is 0.416 e. The number of benzene rings is 1. The van der Waals surface area contributed by atoms with Gasteiger partial charge in [0.05, 0.1) is 27.1 Å². The third kappa shape index (κ3) is 5.51. The number of rotatable bonds is 3. The maximum absolute atomic E-state index is 12.6. The van der Waals surface area contributed by atoms with E-state index in [1.807, 2.05) is 0 Å². The third-order valence-corrected chi connectivity index (χ3v) is 4.30. The maximum atomic E-state index is 12.6. The van der Waals surface area contributed by atoms with Crippen LogP contribution in [0.1, 0.15) is 17.0 Å². The van der Waals surface area contributed by atoms with Crippen molar-refractivity contribution >= 4 is 40.5 Å². The number of aromatic nitrogens is 4. The molecule has 0 saturated heterocycles. The van der Waals surface area contributed by atoms with Crippen molar-refractivity contribution in [3.05, 3.63) is 61.6 Å². The van der Waals surface area contributed by atoms with Crippen LogP contribution in [0.4, 0.5) is 30.5 Å². The van der Waals surface area contributed by atoms with Crippen molar-refractivity contribution in [2.75, 3.05) is 11.5 Å². The number of nitrogens with zero attached hydrogens (tertiary/aromatic N) is 5. The van der Waals surface area contributed by atoms with Crippen molar-refractivity contribution in [3.8, 4) is 5.69 Å². The van der Waals surface area contributed by atoms with Crippen molar-refractivity contribution in [3.63, 3.8) is 0 Å². The van der Waals surface area contributed by atoms with Crippen LogP contribution in [0.3, 0.4) is 0 Å². The lowest BCUT2D eigenvalue weighted by molar-refractivity contribution is -0.383. The van der Waals surface area contributed by atoms with E-state index < -0.39 is 28.2 Å². The monoisotopic (exact) mass is 479 g/mol. The molecule has 0 radical (unpaired) electrons. The summed E-state index contributed by atoms with van der Waals surface area (Å²) in [6.45, 7) is 1.64. The van der Waals surface area contributed by atoms with Crippen LogP contribution >= 0.6 is 23.2 Å². The number of nitrogens with two attached hydrogens (primary N) is 2. The molecule has 0 spiro atoms. The highest BCUT2D eigenvalue weighted by atomic mass is 35.5. The Morgan fingerprint density at radius 3 is 2.23 bits per heavy atom. The summed E-state index contributed by atoms with van der Waals surface area (Å²) in [7, 11) is 0. The molecule has 2 heterocycles. The van der Waals surface area contributed by atoms with Gasteiger partial charge in [-0.25, -0.2) is 14.6 Å². The number of alkyl halides is 3. The summed E-state index contributed by atoms with van der Waals surface area (Å²) in [5.74, 6) is 0.577. The van der Waals surface area contributed by atoms with Gasteiger partial charge in [-0.3, -0.25) is 10.1 Å². The van der Waals surface area contributed by atoms with Gasteiger partial charge >= 0.3 is 11.9 Å². The number of hydrogen-bond donors (Lipinski definition) is 3. The number of anilines is 2. The molecule has 0 unspecified atom stereocenters. The zero-order valence-electron chi connectivity index (χ0n) is 15.6. The van der Waals surface area contributed by atoms with Crippen molar-refractivity contribution in [1.29, 1.82) is 0 Å². The minimum atomic E-state index is -4.63. The quantitative estimate of drug-likeness (QED) is 0.379. The smallest absolute Gasteiger partial charge is 0.391 e. The Hall–Kier alpha value is -3.16. The van der Waals surface area contributed by atoms with Crippen LogP contribution < -0.4 is 11.5 Å². The largest absolute Gasteiger partial charge is 0.416 e. The van der Waals surface area contributed by atoms with Crippen molar-refractivity contribution in [2.45, 2.75) is 19.7 Å². The lowest BCUT2D eigenvalue weighted by Crippen LogP contribution is -2.08. The van der Waals surface area contributed by atoms with Gasteiger partial charge in [-0.15, -0.1) is 0 Å². The summed E-state index contributed by atoms with van der Waals surface area (Å²) in [6, 6.07) is 1.27. The lowest BCUT2D eigenvalue weighted by Gasteiger charge is -2.12. The van der Waals surface area contributed by atoms with Crippen LogP contribution in [-0.2, 0) is 12.8 Å². The minimum Gasteiger partial charge on any atom is -0.391 e. The second kappa shape index (κ2) is 9.32. The third-order valence-electron chi connectivity index (χ3n) is 3.73. The van der Waals surface area contributed by atoms with Gasteiger partial charge in [0.15, 0.2) is 0 Å². The molecule has 0 fully saturated rings. The molecule has 0 saturated carbocycles. The molecule has 0 aliphatic carbocycles. The van der Waals surface area contributed by atoms with Gasteiger partial charge in [0.25, 0.3) is 0 Å². The van der Waals surface area contributed by atoms with Crippen molar-refractivity contribution < 1.29 is 23.2 Å². The van der Waals surface area contributed by atoms with Gasteiger partial charge in [-0.05, 0) is 19.1 Å². The Morgan fingerprint density at radius 2 is 1.81 bits per heavy atom. The lowest BCUT2D eigenvalue weighted by atomic mass is 10.2. The molecular formula is C16H14Cl2F3N7O3. The number of halogens is 5. The van der Waals surface area contributed by atoms with Crippen LogP contribution in [0.5, 0.6) is 0 Å². The van der Waals surface area contributed by atoms with Crippen LogP contribution in [0, 0.1) is 17.0 Å². The Morgan fingerprint density at radius 1 is 1.23 bits per heavy atom. The molecule has 2 aromatic heterocycles. The Labute approximate surface area is 182 Å². The highest BCUT2D eigenvalue weighted by Gasteiger charge is 2.33. The fourth-order valence-corrected chi connectivity index (χ4v) is 2.88. The van der Waals surface area contributed by atoms with E-state index in [1.54, 1.807) is 6.92 Å². The van der Waals surface area contributed by atoms with Crippen LogP contribution in [0.15, 0.2) is 24.5 Å². The number of aliphatic hydroxyl groups excluding tert-OH is 1. The molecule has 1 aromatic carbocycles. The van der Waals surface area contributed by atoms with Gasteiger partial charge in [-0.1, -0.05) is 23.2 Å². The van der Waals surface area contributed by atoms with E-state index in [2.05, 4.69) is 15.1 Å². The van der Waals surface area contributed by atoms with Gasteiger partial charge in [0.2, 0.25) is 5.82 Å². The minimum absolute atomic E-state index is 0.105. The fourth-order valence-electron chi connectivity index (χ4n) is 2.23. The predicted molar refractivity (Wildman–Crippen MR) is 107 cm³/mol. The number of nitrogen functional groups attached to an aromatic ring is 2. The van der Waals surface area contributed by atoms with Gasteiger partial charge in [-0.2, -0.15) is 18.3 Å². The molecule has 10 nitrogen and oxygen atoms in total. The van der Waals surface area contributed by atoms with Gasteiger partial charge in [0.1, 0.15) is 23.5 Å². The molecular weight excluding hydrogens is 466 g/mol. The molecule has 31 heavy (non-hydrogen) atoms. The normalized spacial score (nSPS) is 11.1. The molecule has 3 aromatic rings. The van der Waals surface area contributed by atoms with Crippen LogP contribution in [0.2, 0.25) is 10.0 Å². The standard InChI is InChI=1S/C10H5Cl2F3N4O2.C6H9N3O/c11-5-1-4(10(13,14)15)2-6(12)8(5)18-9(16)7(3-17-18)19(20)21;1-4-8-2-5(3-10)6(7)9-4/h1-3H,16H2;2,10H,3H2,1H3,(H2,7,8,9). The topological polar surface area (TPSA) is 159 Å². The highest BCUT2D eigenvalue weighted by Crippen LogP contribution is 2.38. The van der Waals surface area contributed by atoms with E-state index in [4.69, 9.17) is 39.8 Å². The van der Waals surface area contributed by atoms with E-state index >= 15 is 0 Å². The van der Waals surface area contributed by atoms with E-state index in [-0.39, 0.29) is 22.3 Å². The van der Waals surface area contributed by atoms with E-state index in [9.17, 15) is 23.3 Å². The second-order valence-electron chi connectivity index (χ2n) is 5.86. The Balaban J connectivity index is 0.000000285. The van der Waals surface area contributed by atoms with Crippen LogP contribution in [-0.4, -0.2) is 29.8 Å². The number of aliphatic hydroxyl groups is 1. The molecule has 166 valence electrons. The van der Waals surface area contributed by atoms with E-state index in [1.165, 1.54) is 6.20 Å². The molecule has 0 aliphatic rings. The molecule has 3 rings (SSSR count). The van der Waals surface area contributed by atoms with E-state index in [0.29, 0.717) is 29.3 Å². The first-order valence-corrected chi connectivity index (χ1v) is 8.85. The average Bonchev–Trinajstić information content (AvgIpc) is 3.02. The Kier molecular flexibility index (Phi) is 7.25. The fraction of sp³-hybridized carbons (Fsp3) is 0.188. The first-order valence-electron chi connectivity index (χ1n) is 8.10. The second-order valence-corrected chi connectivity index (χ2v) is 6.67. The first-order chi connectivity index (χ1) is 14.4. The Bertz CT molecular complexity index is 1100. The number of hydrogen-bond acceptors (Lipinski definition) is 8. The molecule has 15 heteroatoms. The van der Waals surface area contributed by atoms with Crippen molar-refractivity contribution in [2.24, 2.45) is 0 Å². The summed E-state index contributed by atoms with van der Waals surface area (Å²) in [4.78, 5) is 17.6. The summed E-state index contributed by atoms with van der Waals surface area (Å²) in [5.41, 5.74) is 9.78. The SMILES string of the molecule is Cc1ncc(CO)c(N)n1.Nc1c([N+](=O)[O-])cnn1-c1c(Cl)cc(C(F)(F)F)cc1Cl.